The van der Waals surface area contributed by atoms with Crippen molar-refractivity contribution >= 4 is 23.4 Å². The molecule has 0 bridgehead atoms. The summed E-state index contributed by atoms with van der Waals surface area (Å²) < 4.78 is 0. The molecule has 2 N–H and O–H groups in total. The average molecular weight is 308 g/mol. The molecule has 1 rings (SSSR count). The third-order valence-electron chi connectivity index (χ3n) is 3.42. The average Bonchev–Trinajstić information content (AvgIpc) is 2.48. The normalized spacial score (nSPS) is 10.4. The van der Waals surface area contributed by atoms with Gasteiger partial charge in [0.15, 0.2) is 0 Å². The zero-order valence-electron chi connectivity index (χ0n) is 13.5. The number of thioether (sulfide) groups is 1. The Morgan fingerprint density at radius 3 is 2.62 bits per heavy atom. The molecular weight excluding hydrogens is 280 g/mol. The van der Waals surface area contributed by atoms with Gasteiger partial charge < -0.3 is 10.6 Å². The van der Waals surface area contributed by atoms with Crippen molar-refractivity contribution in [2.45, 2.75) is 39.5 Å². The first-order valence-electron chi connectivity index (χ1n) is 7.80. The molecule has 0 aromatic heterocycles. The van der Waals surface area contributed by atoms with Gasteiger partial charge in [-0.1, -0.05) is 12.8 Å². The summed E-state index contributed by atoms with van der Waals surface area (Å²) in [5, 5.41) is 6.29. The van der Waals surface area contributed by atoms with E-state index in [0.717, 1.165) is 36.3 Å². The molecule has 1 aromatic carbocycles. The second kappa shape index (κ2) is 10.6. The van der Waals surface area contributed by atoms with Crippen molar-refractivity contribution in [3.05, 3.63) is 29.3 Å². The van der Waals surface area contributed by atoms with Crippen molar-refractivity contribution in [3.63, 3.8) is 0 Å². The summed E-state index contributed by atoms with van der Waals surface area (Å²) in [5.74, 6) is 1.27. The zero-order chi connectivity index (χ0) is 15.5. The van der Waals surface area contributed by atoms with Crippen molar-refractivity contribution in [3.8, 4) is 0 Å². The summed E-state index contributed by atoms with van der Waals surface area (Å²) in [6.07, 6.45) is 6.94. The summed E-state index contributed by atoms with van der Waals surface area (Å²) in [5.41, 5.74) is 2.96. The van der Waals surface area contributed by atoms with E-state index in [2.05, 4.69) is 23.8 Å². The van der Waals surface area contributed by atoms with Crippen molar-refractivity contribution in [2.75, 3.05) is 30.4 Å². The summed E-state index contributed by atoms with van der Waals surface area (Å²) in [4.78, 5) is 12.1. The van der Waals surface area contributed by atoms with Gasteiger partial charge in [0.1, 0.15) is 0 Å². The number of carbonyl (C=O) groups excluding carboxylic acids is 1. The first-order chi connectivity index (χ1) is 10.2. The lowest BCUT2D eigenvalue weighted by molar-refractivity contribution is 0.0953. The van der Waals surface area contributed by atoms with E-state index in [1.54, 1.807) is 0 Å². The third kappa shape index (κ3) is 6.89. The highest BCUT2D eigenvalue weighted by Gasteiger charge is 2.06. The molecule has 0 unspecified atom stereocenters. The van der Waals surface area contributed by atoms with Crippen LogP contribution < -0.4 is 10.6 Å². The van der Waals surface area contributed by atoms with Gasteiger partial charge in [0, 0.05) is 24.3 Å². The SMILES string of the molecule is CCNc1ccc(C(=O)NCCCCCCSC)cc1C. The summed E-state index contributed by atoms with van der Waals surface area (Å²) >= 11 is 1.90. The van der Waals surface area contributed by atoms with Gasteiger partial charge in [-0.05, 0) is 62.5 Å². The molecule has 3 nitrogen and oxygen atoms in total. The summed E-state index contributed by atoms with van der Waals surface area (Å²) in [7, 11) is 0. The minimum atomic E-state index is 0.0327. The number of hydrogen-bond acceptors (Lipinski definition) is 3. The highest BCUT2D eigenvalue weighted by atomic mass is 32.2. The highest BCUT2D eigenvalue weighted by Crippen LogP contribution is 2.16. The number of unbranched alkanes of at least 4 members (excludes halogenated alkanes) is 3. The van der Waals surface area contributed by atoms with E-state index in [1.807, 2.05) is 36.9 Å². The van der Waals surface area contributed by atoms with Gasteiger partial charge in [-0.15, -0.1) is 0 Å². The highest BCUT2D eigenvalue weighted by molar-refractivity contribution is 7.98. The number of anilines is 1. The molecule has 1 amide bonds. The predicted octanol–water partition coefficient (Wildman–Crippen LogP) is 4.08. The molecular formula is C17H28N2OS. The molecule has 21 heavy (non-hydrogen) atoms. The number of amides is 1. The van der Waals surface area contributed by atoms with Crippen LogP contribution in [0.25, 0.3) is 0 Å². The Bertz CT molecular complexity index is 435. The maximum atomic E-state index is 12.1. The zero-order valence-corrected chi connectivity index (χ0v) is 14.3. The lowest BCUT2D eigenvalue weighted by Gasteiger charge is -2.10. The topological polar surface area (TPSA) is 41.1 Å². The number of benzene rings is 1. The molecule has 0 spiro atoms. The Hall–Kier alpha value is -1.16. The van der Waals surface area contributed by atoms with Crippen LogP contribution in [0.5, 0.6) is 0 Å². The second-order valence-corrected chi connectivity index (χ2v) is 6.21. The molecule has 0 radical (unpaired) electrons. The van der Waals surface area contributed by atoms with Gasteiger partial charge >= 0.3 is 0 Å². The van der Waals surface area contributed by atoms with Crippen molar-refractivity contribution in [2.24, 2.45) is 0 Å². The van der Waals surface area contributed by atoms with Gasteiger partial charge in [0.2, 0.25) is 0 Å². The first kappa shape index (κ1) is 17.9. The Kier molecular flexibility index (Phi) is 8.99. The van der Waals surface area contributed by atoms with Crippen molar-refractivity contribution < 1.29 is 4.79 Å². The monoisotopic (exact) mass is 308 g/mol. The van der Waals surface area contributed by atoms with Crippen LogP contribution in [0, 0.1) is 6.92 Å². The molecule has 0 saturated heterocycles. The minimum absolute atomic E-state index is 0.0327. The molecule has 0 aliphatic carbocycles. The smallest absolute Gasteiger partial charge is 0.251 e. The fourth-order valence-electron chi connectivity index (χ4n) is 2.22. The van der Waals surface area contributed by atoms with Gasteiger partial charge in [-0.2, -0.15) is 11.8 Å². The lowest BCUT2D eigenvalue weighted by atomic mass is 10.1. The molecule has 0 saturated carbocycles. The Labute approximate surface area is 133 Å². The van der Waals surface area contributed by atoms with Crippen LogP contribution in [0.3, 0.4) is 0 Å². The quantitative estimate of drug-likeness (QED) is 0.640. The molecule has 0 aliphatic heterocycles. The van der Waals surface area contributed by atoms with Crippen LogP contribution in [-0.2, 0) is 0 Å². The largest absolute Gasteiger partial charge is 0.385 e. The number of nitrogens with one attached hydrogen (secondary N) is 2. The van der Waals surface area contributed by atoms with Gasteiger partial charge in [-0.25, -0.2) is 0 Å². The standard InChI is InChI=1S/C17H28N2OS/c1-4-18-16-10-9-15(13-14(16)2)17(20)19-11-7-5-6-8-12-21-3/h9-10,13,18H,4-8,11-12H2,1-3H3,(H,19,20). The van der Waals surface area contributed by atoms with Crippen molar-refractivity contribution in [1.82, 2.24) is 5.32 Å². The van der Waals surface area contributed by atoms with Crippen LogP contribution in [-0.4, -0.2) is 31.0 Å². The maximum absolute atomic E-state index is 12.1. The van der Waals surface area contributed by atoms with E-state index in [4.69, 9.17) is 0 Å². The Morgan fingerprint density at radius 2 is 1.95 bits per heavy atom. The van der Waals surface area contributed by atoms with Crippen LogP contribution in [0.15, 0.2) is 18.2 Å². The number of carbonyl (C=O) groups is 1. The number of rotatable bonds is 10. The minimum Gasteiger partial charge on any atom is -0.385 e. The molecule has 4 heteroatoms. The summed E-state index contributed by atoms with van der Waals surface area (Å²) in [6, 6.07) is 5.82. The van der Waals surface area contributed by atoms with Crippen LogP contribution >= 0.6 is 11.8 Å². The summed E-state index contributed by atoms with van der Waals surface area (Å²) in [6.45, 7) is 5.76. The molecule has 0 fully saturated rings. The van der Waals surface area contributed by atoms with E-state index in [0.29, 0.717) is 0 Å². The van der Waals surface area contributed by atoms with E-state index < -0.39 is 0 Å². The van der Waals surface area contributed by atoms with Crippen LogP contribution in [0.2, 0.25) is 0 Å². The van der Waals surface area contributed by atoms with E-state index in [1.165, 1.54) is 25.0 Å². The van der Waals surface area contributed by atoms with E-state index >= 15 is 0 Å². The first-order valence-corrected chi connectivity index (χ1v) is 9.20. The van der Waals surface area contributed by atoms with E-state index in [9.17, 15) is 4.79 Å². The number of aryl methyl sites for hydroxylation is 1. The van der Waals surface area contributed by atoms with E-state index in [-0.39, 0.29) is 5.91 Å². The molecule has 0 heterocycles. The predicted molar refractivity (Wildman–Crippen MR) is 94.5 cm³/mol. The molecule has 1 aromatic rings. The Morgan fingerprint density at radius 1 is 1.19 bits per heavy atom. The van der Waals surface area contributed by atoms with Crippen LogP contribution in [0.1, 0.15) is 48.5 Å². The molecule has 0 aliphatic rings. The van der Waals surface area contributed by atoms with Crippen molar-refractivity contribution in [1.29, 1.82) is 0 Å². The molecule has 118 valence electrons. The fraction of sp³-hybridized carbons (Fsp3) is 0.588. The van der Waals surface area contributed by atoms with Gasteiger partial charge in [-0.3, -0.25) is 4.79 Å². The second-order valence-electron chi connectivity index (χ2n) is 5.22. The third-order valence-corrected chi connectivity index (χ3v) is 4.11. The van der Waals surface area contributed by atoms with Crippen LogP contribution in [0.4, 0.5) is 5.69 Å². The van der Waals surface area contributed by atoms with Gasteiger partial charge in [0.25, 0.3) is 5.91 Å². The Balaban J connectivity index is 2.30. The fourth-order valence-corrected chi connectivity index (χ4v) is 2.72. The lowest BCUT2D eigenvalue weighted by Crippen LogP contribution is -2.24. The number of hydrogen-bond donors (Lipinski definition) is 2. The molecule has 0 atom stereocenters. The van der Waals surface area contributed by atoms with Gasteiger partial charge in [0.05, 0.1) is 0 Å². The maximum Gasteiger partial charge on any atom is 0.251 e.